The molecule has 0 saturated carbocycles. The van der Waals surface area contributed by atoms with Gasteiger partial charge < -0.3 is 10.4 Å². The normalized spacial score (nSPS) is 9.95. The number of nitrogens with zero attached hydrogens (tertiary/aromatic N) is 2. The maximum Gasteiger partial charge on any atom is 0.354 e. The average molecular weight is 261 g/mol. The van der Waals surface area contributed by atoms with Crippen molar-refractivity contribution in [1.29, 1.82) is 0 Å². The third kappa shape index (κ3) is 3.09. The van der Waals surface area contributed by atoms with Crippen LogP contribution in [-0.4, -0.2) is 27.0 Å². The molecule has 19 heavy (non-hydrogen) atoms. The molecule has 0 aliphatic carbocycles. The minimum atomic E-state index is -1.20. The van der Waals surface area contributed by atoms with Gasteiger partial charge in [-0.25, -0.2) is 14.8 Å². The number of hydrogen-bond donors (Lipinski definition) is 2. The van der Waals surface area contributed by atoms with Crippen molar-refractivity contribution in [3.05, 3.63) is 53.7 Å². The Hall–Kier alpha value is -2.83. The highest BCUT2D eigenvalue weighted by Gasteiger charge is 2.10. The van der Waals surface area contributed by atoms with E-state index >= 15 is 0 Å². The van der Waals surface area contributed by atoms with E-state index in [0.29, 0.717) is 0 Å². The van der Waals surface area contributed by atoms with Gasteiger partial charge in [-0.1, -0.05) is 6.07 Å². The van der Waals surface area contributed by atoms with Crippen LogP contribution in [0.1, 0.15) is 20.8 Å². The number of carbonyl (C=O) groups excluding carboxylic acids is 1. The Kier molecular flexibility index (Phi) is 3.46. The molecule has 2 rings (SSSR count). The van der Waals surface area contributed by atoms with Crippen LogP contribution in [0.3, 0.4) is 0 Å². The number of hydrogen-bond acceptors (Lipinski definition) is 4. The zero-order chi connectivity index (χ0) is 13.8. The lowest BCUT2D eigenvalue weighted by molar-refractivity contribution is 0.0690. The highest BCUT2D eigenvalue weighted by atomic mass is 19.1. The van der Waals surface area contributed by atoms with Gasteiger partial charge in [-0.15, -0.1) is 0 Å². The first-order valence-electron chi connectivity index (χ1n) is 5.19. The van der Waals surface area contributed by atoms with Crippen LogP contribution >= 0.6 is 0 Å². The zero-order valence-electron chi connectivity index (χ0n) is 9.50. The molecule has 6 nitrogen and oxygen atoms in total. The van der Waals surface area contributed by atoms with Gasteiger partial charge >= 0.3 is 5.97 Å². The van der Waals surface area contributed by atoms with Crippen molar-refractivity contribution in [3.63, 3.8) is 0 Å². The van der Waals surface area contributed by atoms with E-state index in [4.69, 9.17) is 5.11 Å². The van der Waals surface area contributed by atoms with Crippen molar-refractivity contribution in [1.82, 2.24) is 9.97 Å². The molecule has 96 valence electrons. The van der Waals surface area contributed by atoms with Crippen LogP contribution in [0.2, 0.25) is 0 Å². The Morgan fingerprint density at radius 1 is 1.26 bits per heavy atom. The number of halogens is 1. The molecule has 0 spiro atoms. The summed E-state index contributed by atoms with van der Waals surface area (Å²) in [6.07, 6.45) is 1.16. The minimum Gasteiger partial charge on any atom is -0.477 e. The molecule has 0 saturated heterocycles. The molecule has 0 fully saturated rings. The molecule has 7 heteroatoms. The first-order valence-corrected chi connectivity index (χ1v) is 5.19. The summed E-state index contributed by atoms with van der Waals surface area (Å²) in [6.45, 7) is 0. The molecule has 0 radical (unpaired) electrons. The van der Waals surface area contributed by atoms with Crippen LogP contribution in [0.5, 0.6) is 0 Å². The smallest absolute Gasteiger partial charge is 0.354 e. The average Bonchev–Trinajstić information content (AvgIpc) is 2.39. The first-order chi connectivity index (χ1) is 9.06. The van der Waals surface area contributed by atoms with Gasteiger partial charge in [0.15, 0.2) is 5.69 Å². The second-order valence-electron chi connectivity index (χ2n) is 3.53. The second-order valence-corrected chi connectivity index (χ2v) is 3.53. The van der Waals surface area contributed by atoms with E-state index in [0.717, 1.165) is 12.3 Å². The lowest BCUT2D eigenvalue weighted by atomic mass is 10.2. The second kappa shape index (κ2) is 5.21. The van der Waals surface area contributed by atoms with Crippen molar-refractivity contribution in [2.24, 2.45) is 0 Å². The van der Waals surface area contributed by atoms with Gasteiger partial charge in [-0.3, -0.25) is 4.79 Å². The third-order valence-corrected chi connectivity index (χ3v) is 2.20. The standard InChI is InChI=1S/C12H8FN3O3/c13-9-6-7(4-5-14-9)11(17)16-10-3-1-2-8(15-10)12(18)19/h1-6H,(H,18,19)(H,15,16,17). The lowest BCUT2D eigenvalue weighted by Gasteiger charge is -2.04. The fourth-order valence-corrected chi connectivity index (χ4v) is 1.36. The van der Waals surface area contributed by atoms with Crippen LogP contribution in [0, 0.1) is 5.95 Å². The Balaban J connectivity index is 2.19. The fraction of sp³-hybridized carbons (Fsp3) is 0. The Morgan fingerprint density at radius 2 is 2.05 bits per heavy atom. The van der Waals surface area contributed by atoms with Crippen molar-refractivity contribution >= 4 is 17.7 Å². The molecule has 2 aromatic heterocycles. The quantitative estimate of drug-likeness (QED) is 0.818. The van der Waals surface area contributed by atoms with Gasteiger partial charge in [-0.05, 0) is 18.2 Å². The minimum absolute atomic E-state index is 0.0648. The van der Waals surface area contributed by atoms with Crippen LogP contribution in [-0.2, 0) is 0 Å². The van der Waals surface area contributed by atoms with Crippen molar-refractivity contribution in [2.75, 3.05) is 5.32 Å². The third-order valence-electron chi connectivity index (χ3n) is 2.20. The van der Waals surface area contributed by atoms with Crippen molar-refractivity contribution in [3.8, 4) is 0 Å². The maximum atomic E-state index is 12.9. The van der Waals surface area contributed by atoms with Crippen molar-refractivity contribution < 1.29 is 19.1 Å². The van der Waals surface area contributed by atoms with Gasteiger partial charge in [0.05, 0.1) is 0 Å². The van der Waals surface area contributed by atoms with Gasteiger partial charge in [0.2, 0.25) is 5.95 Å². The van der Waals surface area contributed by atoms with E-state index in [1.165, 1.54) is 24.3 Å². The monoisotopic (exact) mass is 261 g/mol. The summed E-state index contributed by atoms with van der Waals surface area (Å²) in [7, 11) is 0. The fourth-order valence-electron chi connectivity index (χ4n) is 1.36. The largest absolute Gasteiger partial charge is 0.477 e. The van der Waals surface area contributed by atoms with E-state index < -0.39 is 17.8 Å². The number of carboxylic acid groups (broad SMARTS) is 1. The highest BCUT2D eigenvalue weighted by molar-refractivity contribution is 6.03. The molecule has 0 aromatic carbocycles. The van der Waals surface area contributed by atoms with Gasteiger partial charge in [-0.2, -0.15) is 4.39 Å². The molecule has 2 N–H and O–H groups in total. The predicted octanol–water partition coefficient (Wildman–Crippen LogP) is 1.57. The van der Waals surface area contributed by atoms with E-state index in [2.05, 4.69) is 15.3 Å². The molecule has 1 amide bonds. The number of pyridine rings is 2. The summed E-state index contributed by atoms with van der Waals surface area (Å²) < 4.78 is 12.9. The SMILES string of the molecule is O=C(Nc1cccc(C(=O)O)n1)c1ccnc(F)c1. The molecule has 0 aliphatic rings. The van der Waals surface area contributed by atoms with Crippen LogP contribution < -0.4 is 5.32 Å². The summed E-state index contributed by atoms with van der Waals surface area (Å²) in [6, 6.07) is 6.47. The van der Waals surface area contributed by atoms with E-state index in [1.54, 1.807) is 0 Å². The number of rotatable bonds is 3. The maximum absolute atomic E-state index is 12.9. The molecule has 0 aliphatic heterocycles. The molecule has 0 bridgehead atoms. The molecular weight excluding hydrogens is 253 g/mol. The summed E-state index contributed by atoms with van der Waals surface area (Å²) in [5, 5.41) is 11.1. The van der Waals surface area contributed by atoms with Crippen LogP contribution in [0.4, 0.5) is 10.2 Å². The van der Waals surface area contributed by atoms with Gasteiger partial charge in [0.25, 0.3) is 5.91 Å². The summed E-state index contributed by atoms with van der Waals surface area (Å²) in [5.41, 5.74) is -0.131. The van der Waals surface area contributed by atoms with E-state index in [9.17, 15) is 14.0 Å². The van der Waals surface area contributed by atoms with Crippen LogP contribution in [0.15, 0.2) is 36.5 Å². The van der Waals surface area contributed by atoms with E-state index in [-0.39, 0.29) is 17.1 Å². The molecule has 0 unspecified atom stereocenters. The summed E-state index contributed by atoms with van der Waals surface area (Å²) in [4.78, 5) is 29.5. The number of amides is 1. The van der Waals surface area contributed by atoms with Crippen molar-refractivity contribution in [2.45, 2.75) is 0 Å². The van der Waals surface area contributed by atoms with E-state index in [1.807, 2.05) is 0 Å². The van der Waals surface area contributed by atoms with Crippen LogP contribution in [0.25, 0.3) is 0 Å². The van der Waals surface area contributed by atoms with Gasteiger partial charge in [0.1, 0.15) is 5.82 Å². The summed E-state index contributed by atoms with van der Waals surface area (Å²) >= 11 is 0. The lowest BCUT2D eigenvalue weighted by Crippen LogP contribution is -2.14. The Labute approximate surface area is 106 Å². The predicted molar refractivity (Wildman–Crippen MR) is 63.3 cm³/mol. The number of anilines is 1. The number of aromatic nitrogens is 2. The van der Waals surface area contributed by atoms with Gasteiger partial charge in [0, 0.05) is 17.8 Å². The number of aromatic carboxylic acids is 1. The summed E-state index contributed by atoms with van der Waals surface area (Å²) in [5.74, 6) is -2.51. The molecule has 0 atom stereocenters. The highest BCUT2D eigenvalue weighted by Crippen LogP contribution is 2.08. The Bertz CT molecular complexity index is 646. The zero-order valence-corrected chi connectivity index (χ0v) is 9.50. The number of carboxylic acids is 1. The number of nitrogens with one attached hydrogen (secondary N) is 1. The first kappa shape index (κ1) is 12.6. The molecular formula is C12H8FN3O3. The Morgan fingerprint density at radius 3 is 2.74 bits per heavy atom. The molecule has 2 aromatic rings. The topological polar surface area (TPSA) is 92.2 Å². The number of carbonyl (C=O) groups is 2. The molecule has 2 heterocycles.